The lowest BCUT2D eigenvalue weighted by atomic mass is 10.1. The van der Waals surface area contributed by atoms with Gasteiger partial charge in [0.15, 0.2) is 11.6 Å². The Morgan fingerprint density at radius 1 is 1.31 bits per heavy atom. The van der Waals surface area contributed by atoms with E-state index in [-0.39, 0.29) is 6.04 Å². The van der Waals surface area contributed by atoms with Gasteiger partial charge in [0.2, 0.25) is 0 Å². The third-order valence-corrected chi connectivity index (χ3v) is 3.14. The third kappa shape index (κ3) is 2.10. The van der Waals surface area contributed by atoms with Crippen molar-refractivity contribution in [3.63, 3.8) is 0 Å². The number of rotatable bonds is 3. The Bertz CT molecular complexity index is 471. The van der Waals surface area contributed by atoms with Crippen LogP contribution in [0.25, 0.3) is 0 Å². The molecule has 2 rings (SSSR count). The monoisotopic (exact) mass is 240 g/mol. The number of aromatic nitrogens is 1. The highest BCUT2D eigenvalue weighted by atomic mass is 32.1. The van der Waals surface area contributed by atoms with Crippen molar-refractivity contribution in [2.45, 2.75) is 6.04 Å². The molecule has 0 aliphatic heterocycles. The summed E-state index contributed by atoms with van der Waals surface area (Å²) in [5.41, 5.74) is 2.39. The van der Waals surface area contributed by atoms with Crippen LogP contribution in [0.3, 0.4) is 0 Å². The number of hydrogen-bond acceptors (Lipinski definition) is 3. The van der Waals surface area contributed by atoms with E-state index in [1.54, 1.807) is 24.8 Å². The molecule has 0 fully saturated rings. The maximum absolute atomic E-state index is 13.1. The molecule has 0 aliphatic carbocycles. The summed E-state index contributed by atoms with van der Waals surface area (Å²) < 4.78 is 25.9. The van der Waals surface area contributed by atoms with Crippen LogP contribution in [0.2, 0.25) is 0 Å². The molecular formula is C11H10F2N2S. The van der Waals surface area contributed by atoms with Gasteiger partial charge >= 0.3 is 0 Å². The van der Waals surface area contributed by atoms with Gasteiger partial charge in [-0.2, -0.15) is 0 Å². The molecule has 0 amide bonds. The first-order chi connectivity index (χ1) is 7.72. The second kappa shape index (κ2) is 4.67. The van der Waals surface area contributed by atoms with Crippen LogP contribution in [0.4, 0.5) is 8.78 Å². The fraction of sp³-hybridized carbons (Fsp3) is 0.182. The largest absolute Gasteiger partial charge is 0.309 e. The summed E-state index contributed by atoms with van der Waals surface area (Å²) in [5, 5.41) is 3.05. The highest BCUT2D eigenvalue weighted by molar-refractivity contribution is 7.09. The molecule has 1 unspecified atom stereocenters. The number of nitrogens with one attached hydrogen (secondary N) is 1. The van der Waals surface area contributed by atoms with Gasteiger partial charge < -0.3 is 5.32 Å². The molecule has 16 heavy (non-hydrogen) atoms. The van der Waals surface area contributed by atoms with Gasteiger partial charge in [-0.05, 0) is 24.7 Å². The second-order valence-corrected chi connectivity index (χ2v) is 4.22. The van der Waals surface area contributed by atoms with E-state index in [9.17, 15) is 8.78 Å². The van der Waals surface area contributed by atoms with Crippen molar-refractivity contribution >= 4 is 11.3 Å². The van der Waals surface area contributed by atoms with E-state index < -0.39 is 11.6 Å². The number of thiazole rings is 1. The third-order valence-electron chi connectivity index (χ3n) is 2.30. The van der Waals surface area contributed by atoms with Gasteiger partial charge in [0.05, 0.1) is 11.6 Å². The van der Waals surface area contributed by atoms with Crippen molar-refractivity contribution in [1.29, 1.82) is 0 Å². The molecule has 84 valence electrons. The van der Waals surface area contributed by atoms with E-state index in [1.165, 1.54) is 17.4 Å². The zero-order chi connectivity index (χ0) is 11.5. The molecule has 1 atom stereocenters. The first-order valence-corrected chi connectivity index (χ1v) is 5.61. The number of halogens is 2. The summed E-state index contributed by atoms with van der Waals surface area (Å²) in [6.45, 7) is 0. The Kier molecular flexibility index (Phi) is 3.26. The van der Waals surface area contributed by atoms with Crippen molar-refractivity contribution in [1.82, 2.24) is 10.3 Å². The molecule has 1 aromatic carbocycles. The topological polar surface area (TPSA) is 24.9 Å². The van der Waals surface area contributed by atoms with E-state index in [0.29, 0.717) is 5.56 Å². The highest BCUT2D eigenvalue weighted by Gasteiger charge is 2.15. The fourth-order valence-corrected chi connectivity index (χ4v) is 2.29. The molecule has 1 heterocycles. The molecule has 0 bridgehead atoms. The molecule has 5 heteroatoms. The van der Waals surface area contributed by atoms with E-state index in [2.05, 4.69) is 10.3 Å². The zero-order valence-electron chi connectivity index (χ0n) is 8.58. The Balaban J connectivity index is 2.37. The van der Waals surface area contributed by atoms with Crippen LogP contribution in [0.1, 0.15) is 16.5 Å². The van der Waals surface area contributed by atoms with Crippen LogP contribution in [-0.4, -0.2) is 12.0 Å². The minimum absolute atomic E-state index is 0.150. The smallest absolute Gasteiger partial charge is 0.159 e. The molecule has 1 aromatic heterocycles. The predicted octanol–water partition coefficient (Wildman–Crippen LogP) is 2.73. The van der Waals surface area contributed by atoms with Crippen LogP contribution in [0.15, 0.2) is 29.9 Å². The van der Waals surface area contributed by atoms with Gasteiger partial charge in [-0.25, -0.2) is 8.78 Å². The second-order valence-electron chi connectivity index (χ2n) is 3.30. The summed E-state index contributed by atoms with van der Waals surface area (Å²) >= 11 is 1.47. The maximum atomic E-state index is 13.1. The van der Waals surface area contributed by atoms with Crippen LogP contribution >= 0.6 is 11.3 Å². The van der Waals surface area contributed by atoms with E-state index in [1.807, 2.05) is 0 Å². The van der Waals surface area contributed by atoms with Crippen LogP contribution in [-0.2, 0) is 0 Å². The molecule has 0 spiro atoms. The highest BCUT2D eigenvalue weighted by Crippen LogP contribution is 2.25. The Morgan fingerprint density at radius 3 is 2.69 bits per heavy atom. The summed E-state index contributed by atoms with van der Waals surface area (Å²) in [5.74, 6) is -1.66. The summed E-state index contributed by atoms with van der Waals surface area (Å²) in [7, 11) is 1.77. The molecule has 1 N–H and O–H groups in total. The van der Waals surface area contributed by atoms with E-state index >= 15 is 0 Å². The van der Waals surface area contributed by atoms with Crippen molar-refractivity contribution in [3.8, 4) is 0 Å². The van der Waals surface area contributed by atoms with Gasteiger partial charge in [0.25, 0.3) is 0 Å². The molecule has 2 nitrogen and oxygen atoms in total. The standard InChI is InChI=1S/C11H10F2N2S/c1-14-11(10-5-15-6-16-10)7-2-3-8(12)9(13)4-7/h2-6,11,14H,1H3. The minimum Gasteiger partial charge on any atom is -0.309 e. The lowest BCUT2D eigenvalue weighted by Crippen LogP contribution is -2.16. The lowest BCUT2D eigenvalue weighted by Gasteiger charge is -2.14. The van der Waals surface area contributed by atoms with Crippen molar-refractivity contribution in [2.75, 3.05) is 7.05 Å². The average Bonchev–Trinajstić information content (AvgIpc) is 2.78. The van der Waals surface area contributed by atoms with E-state index in [0.717, 1.165) is 10.9 Å². The minimum atomic E-state index is -0.831. The summed E-state index contributed by atoms with van der Waals surface area (Å²) in [4.78, 5) is 4.93. The Hall–Kier alpha value is -1.33. The molecular weight excluding hydrogens is 230 g/mol. The summed E-state index contributed by atoms with van der Waals surface area (Å²) in [6.07, 6.45) is 1.72. The Morgan fingerprint density at radius 2 is 2.12 bits per heavy atom. The molecule has 0 saturated heterocycles. The van der Waals surface area contributed by atoms with Gasteiger partial charge in [0.1, 0.15) is 0 Å². The van der Waals surface area contributed by atoms with Crippen LogP contribution in [0, 0.1) is 11.6 Å². The van der Waals surface area contributed by atoms with Crippen molar-refractivity contribution < 1.29 is 8.78 Å². The van der Waals surface area contributed by atoms with E-state index in [4.69, 9.17) is 0 Å². The molecule has 0 saturated carbocycles. The van der Waals surface area contributed by atoms with Gasteiger partial charge in [-0.1, -0.05) is 6.07 Å². The molecule has 0 aliphatic rings. The Labute approximate surface area is 96.0 Å². The predicted molar refractivity (Wildman–Crippen MR) is 59.4 cm³/mol. The molecule has 0 radical (unpaired) electrons. The molecule has 2 aromatic rings. The van der Waals surface area contributed by atoms with Gasteiger partial charge in [-0.15, -0.1) is 11.3 Å². The van der Waals surface area contributed by atoms with Crippen LogP contribution in [0.5, 0.6) is 0 Å². The summed E-state index contributed by atoms with van der Waals surface area (Å²) in [6, 6.07) is 3.76. The fourth-order valence-electron chi connectivity index (χ4n) is 1.53. The quantitative estimate of drug-likeness (QED) is 0.892. The van der Waals surface area contributed by atoms with Crippen molar-refractivity contribution in [3.05, 3.63) is 52.0 Å². The van der Waals surface area contributed by atoms with Gasteiger partial charge in [0, 0.05) is 11.1 Å². The number of hydrogen-bond donors (Lipinski definition) is 1. The van der Waals surface area contributed by atoms with Gasteiger partial charge in [-0.3, -0.25) is 4.98 Å². The normalized spacial score (nSPS) is 12.7. The van der Waals surface area contributed by atoms with Crippen LogP contribution < -0.4 is 5.32 Å². The lowest BCUT2D eigenvalue weighted by molar-refractivity contribution is 0.505. The number of benzene rings is 1. The first kappa shape index (κ1) is 11.2. The zero-order valence-corrected chi connectivity index (χ0v) is 9.39. The SMILES string of the molecule is CNC(c1ccc(F)c(F)c1)c1cncs1. The first-order valence-electron chi connectivity index (χ1n) is 4.73. The number of nitrogens with zero attached hydrogens (tertiary/aromatic N) is 1. The maximum Gasteiger partial charge on any atom is 0.159 e. The average molecular weight is 240 g/mol. The van der Waals surface area contributed by atoms with Crippen molar-refractivity contribution in [2.24, 2.45) is 0 Å².